The van der Waals surface area contributed by atoms with Crippen LogP contribution in [0.15, 0.2) is 36.5 Å². The van der Waals surface area contributed by atoms with E-state index in [0.717, 1.165) is 0 Å². The Labute approximate surface area is 122 Å². The fourth-order valence-electron chi connectivity index (χ4n) is 2.29. The molecule has 0 saturated carbocycles. The monoisotopic (exact) mass is 306 g/mol. The molecule has 0 aliphatic carbocycles. The molecule has 1 aromatic carbocycles. The normalized spacial score (nSPS) is 11.8. The molecular formula is C14H9F3N4O. The smallest absolute Gasteiger partial charge is 0.365 e. The molecule has 2 heterocycles. The van der Waals surface area contributed by atoms with Crippen molar-refractivity contribution in [2.24, 2.45) is 5.73 Å². The van der Waals surface area contributed by atoms with E-state index in [0.29, 0.717) is 16.5 Å². The number of aromatic nitrogens is 3. The summed E-state index contributed by atoms with van der Waals surface area (Å²) < 4.78 is 38.9. The van der Waals surface area contributed by atoms with Crippen molar-refractivity contribution in [3.63, 3.8) is 0 Å². The number of primary amides is 1. The zero-order chi connectivity index (χ0) is 15.9. The lowest BCUT2D eigenvalue weighted by Gasteiger charge is -2.07. The van der Waals surface area contributed by atoms with Crippen LogP contribution in [0.3, 0.4) is 0 Å². The van der Waals surface area contributed by atoms with E-state index in [1.165, 1.54) is 0 Å². The van der Waals surface area contributed by atoms with Crippen molar-refractivity contribution in [2.75, 3.05) is 0 Å². The lowest BCUT2D eigenvalue weighted by atomic mass is 10.0. The summed E-state index contributed by atoms with van der Waals surface area (Å²) >= 11 is 0. The molecule has 0 radical (unpaired) electrons. The molecule has 0 unspecified atom stereocenters. The molecule has 2 aromatic heterocycles. The van der Waals surface area contributed by atoms with Crippen LogP contribution in [0.1, 0.15) is 16.1 Å². The van der Waals surface area contributed by atoms with E-state index in [1.54, 1.807) is 36.5 Å². The number of nitrogens with one attached hydrogen (secondary N) is 1. The first-order valence-electron chi connectivity index (χ1n) is 6.19. The molecule has 0 atom stereocenters. The first kappa shape index (κ1) is 14.1. The molecule has 0 spiro atoms. The highest BCUT2D eigenvalue weighted by atomic mass is 19.4. The van der Waals surface area contributed by atoms with Gasteiger partial charge in [0, 0.05) is 17.1 Å². The second kappa shape index (κ2) is 4.83. The zero-order valence-electron chi connectivity index (χ0n) is 11.0. The van der Waals surface area contributed by atoms with Gasteiger partial charge in [-0.15, -0.1) is 0 Å². The van der Waals surface area contributed by atoms with Gasteiger partial charge in [-0.3, -0.25) is 14.9 Å². The molecule has 22 heavy (non-hydrogen) atoms. The van der Waals surface area contributed by atoms with Crippen LogP contribution in [0.25, 0.3) is 22.2 Å². The van der Waals surface area contributed by atoms with Gasteiger partial charge >= 0.3 is 6.18 Å². The highest BCUT2D eigenvalue weighted by molar-refractivity contribution is 6.04. The van der Waals surface area contributed by atoms with E-state index < -0.39 is 23.3 Å². The lowest BCUT2D eigenvalue weighted by molar-refractivity contribution is -0.141. The molecular weight excluding hydrogens is 297 g/mol. The van der Waals surface area contributed by atoms with Crippen molar-refractivity contribution < 1.29 is 18.0 Å². The first-order chi connectivity index (χ1) is 10.4. The van der Waals surface area contributed by atoms with E-state index in [9.17, 15) is 18.0 Å². The third-order valence-electron chi connectivity index (χ3n) is 3.20. The highest BCUT2D eigenvalue weighted by Gasteiger charge is 2.39. The summed E-state index contributed by atoms with van der Waals surface area (Å²) in [6, 6.07) is 8.22. The number of alkyl halides is 3. The Hall–Kier alpha value is -2.90. The molecule has 8 heteroatoms. The summed E-state index contributed by atoms with van der Waals surface area (Å²) in [6.07, 6.45) is -3.19. The lowest BCUT2D eigenvalue weighted by Crippen LogP contribution is -2.18. The summed E-state index contributed by atoms with van der Waals surface area (Å²) in [6.45, 7) is 0. The van der Waals surface area contributed by atoms with E-state index in [2.05, 4.69) is 10.1 Å². The van der Waals surface area contributed by atoms with Crippen molar-refractivity contribution >= 4 is 16.8 Å². The summed E-state index contributed by atoms with van der Waals surface area (Å²) in [4.78, 5) is 15.6. The largest absolute Gasteiger partial charge is 0.433 e. The molecule has 0 fully saturated rings. The van der Waals surface area contributed by atoms with Gasteiger partial charge in [0.1, 0.15) is 5.69 Å². The Bertz CT molecular complexity index is 865. The molecule has 3 N–H and O–H groups in total. The van der Waals surface area contributed by atoms with Crippen molar-refractivity contribution in [3.8, 4) is 11.3 Å². The van der Waals surface area contributed by atoms with Crippen LogP contribution in [0.4, 0.5) is 13.2 Å². The van der Waals surface area contributed by atoms with Crippen LogP contribution >= 0.6 is 0 Å². The fourth-order valence-corrected chi connectivity index (χ4v) is 2.29. The summed E-state index contributed by atoms with van der Waals surface area (Å²) in [7, 11) is 0. The Kier molecular flexibility index (Phi) is 3.09. The number of carbonyl (C=O) groups is 1. The maximum atomic E-state index is 13.0. The predicted molar refractivity (Wildman–Crippen MR) is 72.8 cm³/mol. The van der Waals surface area contributed by atoms with Crippen molar-refractivity contribution in [2.45, 2.75) is 6.18 Å². The summed E-state index contributed by atoms with van der Waals surface area (Å²) in [5.41, 5.74) is 3.98. The molecule has 3 aromatic rings. The Morgan fingerprint density at radius 2 is 1.95 bits per heavy atom. The number of hydrogen-bond acceptors (Lipinski definition) is 3. The minimum Gasteiger partial charge on any atom is -0.365 e. The van der Waals surface area contributed by atoms with E-state index in [-0.39, 0.29) is 5.69 Å². The molecule has 0 bridgehead atoms. The average Bonchev–Trinajstić information content (AvgIpc) is 2.91. The van der Waals surface area contributed by atoms with Gasteiger partial charge in [0.15, 0.2) is 5.69 Å². The van der Waals surface area contributed by atoms with Crippen LogP contribution in [0.2, 0.25) is 0 Å². The van der Waals surface area contributed by atoms with Gasteiger partial charge in [-0.25, -0.2) is 0 Å². The Morgan fingerprint density at radius 3 is 2.64 bits per heavy atom. The number of benzene rings is 1. The van der Waals surface area contributed by atoms with Gasteiger partial charge in [0.25, 0.3) is 5.91 Å². The van der Waals surface area contributed by atoms with Gasteiger partial charge in [-0.2, -0.15) is 18.3 Å². The number of rotatable bonds is 2. The third kappa shape index (κ3) is 2.18. The standard InChI is InChI=1S/C14H9F3N4O/c15-14(16,17)12-10(13(18)22)11(20-21-12)8-3-1-5-9-7(8)4-2-6-19-9/h1-6H,(H2,18,22)(H,20,21). The Balaban J connectivity index is 2.33. The number of carbonyl (C=O) groups excluding carboxylic acids is 1. The number of H-pyrrole nitrogens is 1. The molecule has 0 aliphatic heterocycles. The Morgan fingerprint density at radius 1 is 1.18 bits per heavy atom. The van der Waals surface area contributed by atoms with Crippen molar-refractivity contribution in [1.82, 2.24) is 15.2 Å². The molecule has 5 nitrogen and oxygen atoms in total. The number of amides is 1. The number of hydrogen-bond donors (Lipinski definition) is 2. The summed E-state index contributed by atoms with van der Waals surface area (Å²) in [5, 5.41) is 6.09. The van der Waals surface area contributed by atoms with Gasteiger partial charge in [-0.1, -0.05) is 18.2 Å². The van der Waals surface area contributed by atoms with Crippen LogP contribution in [0, 0.1) is 0 Å². The fraction of sp³-hybridized carbons (Fsp3) is 0.0714. The third-order valence-corrected chi connectivity index (χ3v) is 3.20. The van der Waals surface area contributed by atoms with Crippen LogP contribution in [-0.4, -0.2) is 21.1 Å². The second-order valence-corrected chi connectivity index (χ2v) is 4.56. The number of nitrogens with zero attached hydrogens (tertiary/aromatic N) is 2. The van der Waals surface area contributed by atoms with Crippen LogP contribution < -0.4 is 5.73 Å². The van der Waals surface area contributed by atoms with E-state index >= 15 is 0 Å². The zero-order valence-corrected chi connectivity index (χ0v) is 11.0. The van der Waals surface area contributed by atoms with Gasteiger partial charge in [0.2, 0.25) is 0 Å². The molecule has 3 rings (SSSR count). The number of halogens is 3. The molecule has 1 amide bonds. The maximum absolute atomic E-state index is 13.0. The number of nitrogens with two attached hydrogens (primary N) is 1. The minimum absolute atomic E-state index is 0.140. The predicted octanol–water partition coefficient (Wildman–Crippen LogP) is 2.74. The van der Waals surface area contributed by atoms with E-state index in [1.807, 2.05) is 5.10 Å². The molecule has 112 valence electrons. The highest BCUT2D eigenvalue weighted by Crippen LogP contribution is 2.36. The van der Waals surface area contributed by atoms with Crippen LogP contribution in [0.5, 0.6) is 0 Å². The van der Waals surface area contributed by atoms with Crippen LogP contribution in [-0.2, 0) is 6.18 Å². The SMILES string of the molecule is NC(=O)c1c(-c2cccc3ncccc23)n[nH]c1C(F)(F)F. The number of fused-ring (bicyclic) bond motifs is 1. The minimum atomic E-state index is -4.75. The number of aromatic amines is 1. The van der Waals surface area contributed by atoms with Gasteiger partial charge < -0.3 is 5.73 Å². The average molecular weight is 306 g/mol. The van der Waals surface area contributed by atoms with E-state index in [4.69, 9.17) is 5.73 Å². The molecule has 0 aliphatic rings. The first-order valence-corrected chi connectivity index (χ1v) is 6.19. The van der Waals surface area contributed by atoms with Gasteiger partial charge in [-0.05, 0) is 12.1 Å². The topological polar surface area (TPSA) is 84.7 Å². The maximum Gasteiger partial charge on any atom is 0.433 e. The van der Waals surface area contributed by atoms with Crippen molar-refractivity contribution in [3.05, 3.63) is 47.8 Å². The van der Waals surface area contributed by atoms with Gasteiger partial charge in [0.05, 0.1) is 11.1 Å². The number of pyridine rings is 1. The molecule has 0 saturated heterocycles. The quantitative estimate of drug-likeness (QED) is 0.763. The summed E-state index contributed by atoms with van der Waals surface area (Å²) in [5.74, 6) is -1.20. The second-order valence-electron chi connectivity index (χ2n) is 4.56. The van der Waals surface area contributed by atoms with Crippen molar-refractivity contribution in [1.29, 1.82) is 0 Å².